The van der Waals surface area contributed by atoms with Gasteiger partial charge in [0.1, 0.15) is 6.04 Å². The molecule has 2 aliphatic rings. The van der Waals surface area contributed by atoms with Crippen molar-refractivity contribution in [2.75, 3.05) is 5.73 Å². The van der Waals surface area contributed by atoms with Crippen molar-refractivity contribution in [3.05, 3.63) is 64.7 Å². The molecule has 0 radical (unpaired) electrons. The van der Waals surface area contributed by atoms with Gasteiger partial charge in [0.15, 0.2) is 5.78 Å². The topological polar surface area (TPSA) is 110 Å². The third kappa shape index (κ3) is 2.97. The van der Waals surface area contributed by atoms with Crippen LogP contribution in [0.4, 0.5) is 5.69 Å². The predicted molar refractivity (Wildman–Crippen MR) is 96.8 cm³/mol. The quantitative estimate of drug-likeness (QED) is 0.485. The summed E-state index contributed by atoms with van der Waals surface area (Å²) in [4.78, 5) is 50.2. The number of carbonyl (C=O) groups excluding carboxylic acids is 4. The van der Waals surface area contributed by atoms with Gasteiger partial charge < -0.3 is 10.6 Å². The van der Waals surface area contributed by atoms with Crippen LogP contribution in [0.15, 0.2) is 42.5 Å². The molecule has 0 saturated carbocycles. The number of nitrogen functional groups attached to an aromatic ring is 1. The van der Waals surface area contributed by atoms with E-state index in [0.717, 1.165) is 0 Å². The number of imide groups is 1. The molecule has 1 atom stereocenters. The van der Waals surface area contributed by atoms with E-state index in [2.05, 4.69) is 5.32 Å². The number of nitrogens with zero attached hydrogens (tertiary/aromatic N) is 1. The number of nitrogens with two attached hydrogens (primary N) is 1. The van der Waals surface area contributed by atoms with E-state index in [1.165, 1.54) is 4.90 Å². The van der Waals surface area contributed by atoms with E-state index in [9.17, 15) is 19.2 Å². The second-order valence-electron chi connectivity index (χ2n) is 6.72. The number of fused-ring (bicyclic) bond motifs is 1. The predicted octanol–water partition coefficient (Wildman–Crippen LogP) is 1.26. The van der Waals surface area contributed by atoms with Gasteiger partial charge in [-0.15, -0.1) is 0 Å². The lowest BCUT2D eigenvalue weighted by molar-refractivity contribution is -0.136. The van der Waals surface area contributed by atoms with Crippen molar-refractivity contribution >= 4 is 29.2 Å². The monoisotopic (exact) mass is 363 g/mol. The first kappa shape index (κ1) is 17.0. The lowest BCUT2D eigenvalue weighted by Gasteiger charge is -2.29. The first-order valence-corrected chi connectivity index (χ1v) is 8.62. The SMILES string of the molecule is Nc1ccc(C(=O)c2ccc3c(c2)CN(C2CCC(=O)NC2=O)C3=O)cc1. The average molecular weight is 363 g/mol. The summed E-state index contributed by atoms with van der Waals surface area (Å²) in [5, 5.41) is 2.27. The summed E-state index contributed by atoms with van der Waals surface area (Å²) in [6.07, 6.45) is 0.513. The summed E-state index contributed by atoms with van der Waals surface area (Å²) in [5.74, 6) is -1.20. The molecule has 1 fully saturated rings. The first-order chi connectivity index (χ1) is 12.9. The largest absolute Gasteiger partial charge is 0.399 e. The summed E-state index contributed by atoms with van der Waals surface area (Å²) in [5.41, 5.74) is 8.39. The van der Waals surface area contributed by atoms with Crippen LogP contribution in [0.2, 0.25) is 0 Å². The Labute approximate surface area is 155 Å². The molecule has 7 nitrogen and oxygen atoms in total. The summed E-state index contributed by atoms with van der Waals surface area (Å²) in [6.45, 7) is 0.239. The van der Waals surface area contributed by atoms with E-state index in [1.54, 1.807) is 42.5 Å². The first-order valence-electron chi connectivity index (χ1n) is 8.62. The highest BCUT2D eigenvalue weighted by Crippen LogP contribution is 2.28. The fourth-order valence-electron chi connectivity index (χ4n) is 3.52. The summed E-state index contributed by atoms with van der Waals surface area (Å²) < 4.78 is 0. The highest BCUT2D eigenvalue weighted by molar-refractivity contribution is 6.10. The number of carbonyl (C=O) groups is 4. The maximum Gasteiger partial charge on any atom is 0.255 e. The van der Waals surface area contributed by atoms with E-state index in [1.807, 2.05) is 0 Å². The standard InChI is InChI=1S/C20H17N3O4/c21-14-4-1-11(2-5-14)18(25)12-3-6-15-13(9-12)10-23(20(15)27)16-7-8-17(24)22-19(16)26/h1-6,9,16H,7-8,10,21H2,(H,22,24,26). The maximum absolute atomic E-state index is 12.7. The van der Waals surface area contributed by atoms with Crippen LogP contribution in [0.3, 0.4) is 0 Å². The zero-order valence-electron chi connectivity index (χ0n) is 14.4. The summed E-state index contributed by atoms with van der Waals surface area (Å²) in [7, 11) is 0. The van der Waals surface area contributed by atoms with Gasteiger partial charge in [0.25, 0.3) is 5.91 Å². The van der Waals surface area contributed by atoms with Crippen molar-refractivity contribution in [2.24, 2.45) is 0 Å². The number of nitrogens with one attached hydrogen (secondary N) is 1. The number of hydrogen-bond donors (Lipinski definition) is 2. The number of anilines is 1. The van der Waals surface area contributed by atoms with Gasteiger partial charge in [-0.3, -0.25) is 24.5 Å². The van der Waals surface area contributed by atoms with Crippen molar-refractivity contribution in [1.82, 2.24) is 10.2 Å². The fourth-order valence-corrected chi connectivity index (χ4v) is 3.52. The Morgan fingerprint density at radius 1 is 1.04 bits per heavy atom. The van der Waals surface area contributed by atoms with Gasteiger partial charge in [0, 0.05) is 35.3 Å². The highest BCUT2D eigenvalue weighted by atomic mass is 16.2. The molecule has 0 bridgehead atoms. The zero-order valence-corrected chi connectivity index (χ0v) is 14.4. The number of piperidine rings is 1. The Hall–Kier alpha value is -3.48. The number of benzene rings is 2. The third-order valence-corrected chi connectivity index (χ3v) is 4.96. The maximum atomic E-state index is 12.7. The van der Waals surface area contributed by atoms with Gasteiger partial charge in [-0.05, 0) is 48.4 Å². The Bertz CT molecular complexity index is 981. The van der Waals surface area contributed by atoms with Gasteiger partial charge in [-0.2, -0.15) is 0 Å². The van der Waals surface area contributed by atoms with Gasteiger partial charge in [0.05, 0.1) is 0 Å². The van der Waals surface area contributed by atoms with Crippen LogP contribution in [0.25, 0.3) is 0 Å². The lowest BCUT2D eigenvalue weighted by atomic mass is 9.99. The second-order valence-corrected chi connectivity index (χ2v) is 6.72. The van der Waals surface area contributed by atoms with E-state index in [4.69, 9.17) is 5.73 Å². The fraction of sp³-hybridized carbons (Fsp3) is 0.200. The van der Waals surface area contributed by atoms with Gasteiger partial charge in [-0.1, -0.05) is 6.07 Å². The zero-order chi connectivity index (χ0) is 19.1. The summed E-state index contributed by atoms with van der Waals surface area (Å²) >= 11 is 0. The number of amides is 3. The van der Waals surface area contributed by atoms with Crippen molar-refractivity contribution in [2.45, 2.75) is 25.4 Å². The Morgan fingerprint density at radius 2 is 1.74 bits per heavy atom. The van der Waals surface area contributed by atoms with E-state index >= 15 is 0 Å². The molecule has 1 saturated heterocycles. The van der Waals surface area contributed by atoms with E-state index in [-0.39, 0.29) is 30.6 Å². The molecule has 0 aliphatic carbocycles. The lowest BCUT2D eigenvalue weighted by Crippen LogP contribution is -2.52. The number of ketones is 1. The molecule has 2 aromatic rings. The van der Waals surface area contributed by atoms with Crippen molar-refractivity contribution in [3.8, 4) is 0 Å². The third-order valence-electron chi connectivity index (χ3n) is 4.96. The molecule has 7 heteroatoms. The highest BCUT2D eigenvalue weighted by Gasteiger charge is 2.39. The van der Waals surface area contributed by atoms with Gasteiger partial charge in [-0.25, -0.2) is 0 Å². The van der Waals surface area contributed by atoms with Crippen LogP contribution in [0.1, 0.15) is 44.7 Å². The molecule has 136 valence electrons. The molecule has 27 heavy (non-hydrogen) atoms. The Kier molecular flexibility index (Phi) is 3.99. The molecule has 0 spiro atoms. The van der Waals surface area contributed by atoms with E-state index < -0.39 is 11.9 Å². The minimum atomic E-state index is -0.668. The average Bonchev–Trinajstić information content (AvgIpc) is 2.98. The molecule has 0 aromatic heterocycles. The van der Waals surface area contributed by atoms with Gasteiger partial charge in [0.2, 0.25) is 11.8 Å². The molecule has 2 aromatic carbocycles. The molecular formula is C20H17N3O4. The van der Waals surface area contributed by atoms with E-state index in [0.29, 0.717) is 34.4 Å². The minimum Gasteiger partial charge on any atom is -0.399 e. The molecule has 3 N–H and O–H groups in total. The molecule has 3 amide bonds. The van der Waals surface area contributed by atoms with Crippen LogP contribution in [0.5, 0.6) is 0 Å². The Balaban J connectivity index is 1.59. The van der Waals surface area contributed by atoms with Crippen LogP contribution in [0, 0.1) is 0 Å². The van der Waals surface area contributed by atoms with Crippen LogP contribution < -0.4 is 11.1 Å². The normalized spacial score (nSPS) is 19.0. The molecule has 2 heterocycles. The van der Waals surface area contributed by atoms with Crippen molar-refractivity contribution in [1.29, 1.82) is 0 Å². The van der Waals surface area contributed by atoms with Gasteiger partial charge >= 0.3 is 0 Å². The molecule has 1 unspecified atom stereocenters. The number of hydrogen-bond acceptors (Lipinski definition) is 5. The second kappa shape index (κ2) is 6.35. The van der Waals surface area contributed by atoms with Crippen molar-refractivity contribution in [3.63, 3.8) is 0 Å². The van der Waals surface area contributed by atoms with Crippen LogP contribution in [-0.2, 0) is 16.1 Å². The molecule has 2 aliphatic heterocycles. The number of rotatable bonds is 3. The van der Waals surface area contributed by atoms with Crippen LogP contribution >= 0.6 is 0 Å². The molecule has 4 rings (SSSR count). The molecular weight excluding hydrogens is 346 g/mol. The summed E-state index contributed by atoms with van der Waals surface area (Å²) in [6, 6.07) is 10.9. The smallest absolute Gasteiger partial charge is 0.255 e. The Morgan fingerprint density at radius 3 is 2.44 bits per heavy atom. The van der Waals surface area contributed by atoms with Crippen LogP contribution in [-0.4, -0.2) is 34.4 Å². The minimum absolute atomic E-state index is 0.162. The van der Waals surface area contributed by atoms with Crippen molar-refractivity contribution < 1.29 is 19.2 Å².